The van der Waals surface area contributed by atoms with E-state index in [0.29, 0.717) is 12.1 Å². The number of carbonyl (C=O) groups excluding carboxylic acids is 1. The van der Waals surface area contributed by atoms with Crippen molar-refractivity contribution in [1.82, 2.24) is 0 Å². The SMILES string of the molecule is NCCC(=O)Nc1cccc(B(O)O)c1C(F)(F)C(F)(F)C(F)(F)F. The lowest BCUT2D eigenvalue weighted by Gasteiger charge is -2.31. The summed E-state index contributed by atoms with van der Waals surface area (Å²) in [7, 11) is -2.80. The molecule has 25 heavy (non-hydrogen) atoms. The van der Waals surface area contributed by atoms with Gasteiger partial charge in [0.25, 0.3) is 0 Å². The summed E-state index contributed by atoms with van der Waals surface area (Å²) >= 11 is 0. The molecule has 0 saturated carbocycles. The van der Waals surface area contributed by atoms with Crippen LogP contribution in [0.3, 0.4) is 0 Å². The Hall–Kier alpha value is -1.86. The van der Waals surface area contributed by atoms with E-state index in [0.717, 1.165) is 6.07 Å². The number of hydrogen-bond acceptors (Lipinski definition) is 4. The predicted octanol–water partition coefficient (Wildman–Crippen LogP) is 0.943. The lowest BCUT2D eigenvalue weighted by Crippen LogP contribution is -2.53. The van der Waals surface area contributed by atoms with E-state index in [2.05, 4.69) is 0 Å². The Morgan fingerprint density at radius 1 is 1.12 bits per heavy atom. The van der Waals surface area contributed by atoms with Gasteiger partial charge in [0.05, 0.1) is 5.56 Å². The summed E-state index contributed by atoms with van der Waals surface area (Å²) in [6, 6.07) is 1.99. The number of carbonyl (C=O) groups is 1. The maximum Gasteiger partial charge on any atom is 0.489 e. The fraction of sp³-hybridized carbons (Fsp3) is 0.417. The Balaban J connectivity index is 3.61. The minimum absolute atomic E-state index is 0.251. The maximum atomic E-state index is 14.1. The maximum absolute atomic E-state index is 14.1. The zero-order valence-corrected chi connectivity index (χ0v) is 12.2. The molecule has 0 aliphatic rings. The second-order valence-corrected chi connectivity index (χ2v) is 4.88. The first-order valence-electron chi connectivity index (χ1n) is 6.59. The van der Waals surface area contributed by atoms with Gasteiger partial charge in [0, 0.05) is 18.7 Å². The van der Waals surface area contributed by atoms with E-state index in [9.17, 15) is 35.5 Å². The van der Waals surface area contributed by atoms with Gasteiger partial charge < -0.3 is 21.1 Å². The molecule has 0 aliphatic carbocycles. The molecule has 1 aromatic rings. The van der Waals surface area contributed by atoms with Crippen molar-refractivity contribution in [3.8, 4) is 0 Å². The monoisotopic (exact) mass is 376 g/mol. The van der Waals surface area contributed by atoms with Crippen LogP contribution in [-0.4, -0.2) is 41.7 Å². The molecule has 0 saturated heterocycles. The van der Waals surface area contributed by atoms with Gasteiger partial charge in [-0.2, -0.15) is 30.7 Å². The van der Waals surface area contributed by atoms with Crippen LogP contribution in [0, 0.1) is 0 Å². The molecule has 1 aromatic carbocycles. The Morgan fingerprint density at radius 3 is 2.12 bits per heavy atom. The highest BCUT2D eigenvalue weighted by atomic mass is 19.4. The van der Waals surface area contributed by atoms with Crippen molar-refractivity contribution in [3.63, 3.8) is 0 Å². The highest BCUT2D eigenvalue weighted by molar-refractivity contribution is 6.59. The first-order chi connectivity index (χ1) is 11.3. The van der Waals surface area contributed by atoms with E-state index in [-0.39, 0.29) is 6.54 Å². The first kappa shape index (κ1) is 21.2. The van der Waals surface area contributed by atoms with Crippen LogP contribution in [0.2, 0.25) is 0 Å². The molecule has 0 unspecified atom stereocenters. The fourth-order valence-electron chi connectivity index (χ4n) is 1.92. The van der Waals surface area contributed by atoms with E-state index in [1.165, 1.54) is 0 Å². The number of amides is 1. The summed E-state index contributed by atoms with van der Waals surface area (Å²) < 4.78 is 92.0. The van der Waals surface area contributed by atoms with Crippen LogP contribution in [0.15, 0.2) is 18.2 Å². The van der Waals surface area contributed by atoms with Crippen molar-refractivity contribution in [2.24, 2.45) is 5.73 Å². The largest absolute Gasteiger partial charge is 0.489 e. The Kier molecular flexibility index (Phi) is 6.08. The van der Waals surface area contributed by atoms with E-state index >= 15 is 0 Å². The zero-order valence-electron chi connectivity index (χ0n) is 12.2. The number of halogens is 7. The van der Waals surface area contributed by atoms with Gasteiger partial charge in [-0.15, -0.1) is 0 Å². The van der Waals surface area contributed by atoms with Gasteiger partial charge in [-0.1, -0.05) is 12.1 Å². The van der Waals surface area contributed by atoms with Crippen LogP contribution >= 0.6 is 0 Å². The van der Waals surface area contributed by atoms with Crippen LogP contribution in [0.4, 0.5) is 36.4 Å². The topological polar surface area (TPSA) is 95.6 Å². The van der Waals surface area contributed by atoms with Crippen LogP contribution < -0.4 is 16.5 Å². The molecular formula is C12H12BF7N2O3. The summed E-state index contributed by atoms with van der Waals surface area (Å²) in [6.07, 6.45) is -7.07. The lowest BCUT2D eigenvalue weighted by molar-refractivity contribution is -0.359. The average molecular weight is 376 g/mol. The predicted molar refractivity (Wildman–Crippen MR) is 73.5 cm³/mol. The van der Waals surface area contributed by atoms with E-state index in [4.69, 9.17) is 15.8 Å². The number of rotatable bonds is 6. The number of nitrogens with two attached hydrogens (primary N) is 1. The third kappa shape index (κ3) is 4.04. The van der Waals surface area contributed by atoms with Gasteiger partial charge in [-0.3, -0.25) is 4.79 Å². The molecule has 0 aromatic heterocycles. The fourth-order valence-corrected chi connectivity index (χ4v) is 1.92. The van der Waals surface area contributed by atoms with Gasteiger partial charge in [0.2, 0.25) is 5.91 Å². The van der Waals surface area contributed by atoms with Crippen molar-refractivity contribution in [3.05, 3.63) is 23.8 Å². The molecule has 0 spiro atoms. The van der Waals surface area contributed by atoms with E-state index < -0.39 is 54.2 Å². The molecule has 5 N–H and O–H groups in total. The molecule has 1 rings (SSSR count). The molecule has 0 fully saturated rings. The molecular weight excluding hydrogens is 364 g/mol. The van der Waals surface area contributed by atoms with Gasteiger partial charge in [0.15, 0.2) is 0 Å². The van der Waals surface area contributed by atoms with E-state index in [1.807, 2.05) is 0 Å². The summed E-state index contributed by atoms with van der Waals surface area (Å²) in [6.45, 7) is -0.251. The quantitative estimate of drug-likeness (QED) is 0.439. The van der Waals surface area contributed by atoms with Crippen molar-refractivity contribution in [1.29, 1.82) is 0 Å². The van der Waals surface area contributed by atoms with Gasteiger partial charge >= 0.3 is 25.1 Å². The second-order valence-electron chi connectivity index (χ2n) is 4.88. The molecule has 5 nitrogen and oxygen atoms in total. The van der Waals surface area contributed by atoms with Crippen molar-refractivity contribution >= 4 is 24.2 Å². The zero-order chi connectivity index (χ0) is 19.6. The summed E-state index contributed by atoms with van der Waals surface area (Å²) in [5.74, 6) is -13.5. The molecule has 140 valence electrons. The number of alkyl halides is 7. The third-order valence-corrected chi connectivity index (χ3v) is 3.08. The lowest BCUT2D eigenvalue weighted by atomic mass is 9.74. The van der Waals surface area contributed by atoms with Gasteiger partial charge in [-0.05, 0) is 11.5 Å². The number of nitrogens with one attached hydrogen (secondary N) is 1. The van der Waals surface area contributed by atoms with Gasteiger partial charge in [0.1, 0.15) is 0 Å². The highest BCUT2D eigenvalue weighted by Crippen LogP contribution is 2.52. The summed E-state index contributed by atoms with van der Waals surface area (Å²) in [4.78, 5) is 11.4. The van der Waals surface area contributed by atoms with Gasteiger partial charge in [-0.25, -0.2) is 0 Å². The Labute approximate surface area is 136 Å². The van der Waals surface area contributed by atoms with E-state index in [1.54, 1.807) is 5.32 Å². The van der Waals surface area contributed by atoms with Crippen molar-refractivity contribution in [2.45, 2.75) is 24.4 Å². The number of hydrogen-bond donors (Lipinski definition) is 4. The first-order valence-corrected chi connectivity index (χ1v) is 6.59. The van der Waals surface area contributed by atoms with Crippen molar-refractivity contribution < 1.29 is 45.6 Å². The normalized spacial score (nSPS) is 12.9. The smallest absolute Gasteiger partial charge is 0.423 e. The minimum atomic E-state index is -6.64. The second kappa shape index (κ2) is 7.18. The minimum Gasteiger partial charge on any atom is -0.423 e. The molecule has 0 bridgehead atoms. The van der Waals surface area contributed by atoms with Crippen molar-refractivity contribution in [2.75, 3.05) is 11.9 Å². The molecule has 0 atom stereocenters. The molecule has 0 radical (unpaired) electrons. The number of anilines is 1. The average Bonchev–Trinajstić information content (AvgIpc) is 2.45. The highest BCUT2D eigenvalue weighted by Gasteiger charge is 2.74. The summed E-state index contributed by atoms with van der Waals surface area (Å²) in [5, 5.41) is 19.8. The molecule has 1 amide bonds. The molecule has 0 aliphatic heterocycles. The standard InChI is InChI=1S/C12H12BF7N2O3/c14-10(15,11(16,17)12(18,19)20)9-6(13(24)25)2-1-3-7(9)22-8(23)4-5-21/h1-3,24-25H,4-5,21H2,(H,22,23). The summed E-state index contributed by atoms with van der Waals surface area (Å²) in [5.41, 5.74) is 0.549. The molecule has 0 heterocycles. The third-order valence-electron chi connectivity index (χ3n) is 3.08. The number of benzene rings is 1. The van der Waals surface area contributed by atoms with Crippen LogP contribution in [0.1, 0.15) is 12.0 Å². The Bertz CT molecular complexity index is 638. The van der Waals surface area contributed by atoms with Crippen LogP contribution in [0.25, 0.3) is 0 Å². The van der Waals surface area contributed by atoms with Crippen LogP contribution in [-0.2, 0) is 10.7 Å². The molecule has 13 heteroatoms. The van der Waals surface area contributed by atoms with Crippen LogP contribution in [0.5, 0.6) is 0 Å². The Morgan fingerprint density at radius 2 is 1.68 bits per heavy atom.